The lowest BCUT2D eigenvalue weighted by Crippen LogP contribution is -2.24. The summed E-state index contributed by atoms with van der Waals surface area (Å²) in [6.45, 7) is 3.96. The predicted octanol–water partition coefficient (Wildman–Crippen LogP) is 4.66. The molecule has 7 heteroatoms. The lowest BCUT2D eigenvalue weighted by atomic mass is 10.1. The maximum absolute atomic E-state index is 13.0. The molecule has 140 valence electrons. The number of hydrogen-bond donors (Lipinski definition) is 1. The Balaban J connectivity index is 2.12. The van der Waals surface area contributed by atoms with E-state index in [2.05, 4.69) is 10.2 Å². The summed E-state index contributed by atoms with van der Waals surface area (Å²) in [4.78, 5) is 13.0. The summed E-state index contributed by atoms with van der Waals surface area (Å²) < 4.78 is 6.83. The number of rotatable bonds is 5. The van der Waals surface area contributed by atoms with Gasteiger partial charge in [-0.2, -0.15) is 5.26 Å². The van der Waals surface area contributed by atoms with Crippen LogP contribution >= 0.6 is 0 Å². The largest absolute Gasteiger partial charge is 0.493 e. The average molecular weight is 366 g/mol. The Hall–Kier alpha value is -3.14. The highest BCUT2D eigenvalue weighted by Crippen LogP contribution is 2.36. The van der Waals surface area contributed by atoms with E-state index in [0.29, 0.717) is 23.6 Å². The molecular formula is C20H22N4O3. The number of aromatic nitrogens is 1. The van der Waals surface area contributed by atoms with Gasteiger partial charge >= 0.3 is 0 Å². The molecule has 0 spiro atoms. The Labute approximate surface area is 157 Å². The second-order valence-electron chi connectivity index (χ2n) is 6.50. The Morgan fingerprint density at radius 3 is 2.67 bits per heavy atom. The molecule has 1 saturated carbocycles. The molecule has 1 N–H and O–H groups in total. The average Bonchev–Trinajstić information content (AvgIpc) is 3.17. The van der Waals surface area contributed by atoms with Gasteiger partial charge in [-0.05, 0) is 38.8 Å². The molecule has 1 fully saturated rings. The third-order valence-electron chi connectivity index (χ3n) is 4.83. The van der Waals surface area contributed by atoms with Gasteiger partial charge in [0.25, 0.3) is 5.56 Å². The molecular weight excluding hydrogens is 344 g/mol. The van der Waals surface area contributed by atoms with E-state index in [1.165, 1.54) is 4.57 Å². The molecule has 3 rings (SSSR count). The third-order valence-corrected chi connectivity index (χ3v) is 4.83. The van der Waals surface area contributed by atoms with Crippen LogP contribution < -0.4 is 10.3 Å². The smallest absolute Gasteiger partial charge is 0.281 e. The summed E-state index contributed by atoms with van der Waals surface area (Å²) in [5.41, 5.74) is 0.536. The van der Waals surface area contributed by atoms with Crippen LogP contribution in [0.1, 0.15) is 49.8 Å². The molecule has 1 aromatic heterocycles. The molecule has 0 radical (unpaired) electrons. The van der Waals surface area contributed by atoms with Crippen LogP contribution in [0, 0.1) is 18.3 Å². The number of para-hydroxylation sites is 1. The van der Waals surface area contributed by atoms with Gasteiger partial charge in [0.15, 0.2) is 5.69 Å². The number of ether oxygens (including phenoxy) is 1. The van der Waals surface area contributed by atoms with E-state index in [1.807, 2.05) is 19.1 Å². The number of aromatic hydroxyl groups is 1. The number of benzene rings is 1. The zero-order valence-corrected chi connectivity index (χ0v) is 15.5. The number of pyridine rings is 1. The zero-order valence-electron chi connectivity index (χ0n) is 15.5. The Bertz CT molecular complexity index is 966. The first-order valence-corrected chi connectivity index (χ1v) is 9.10. The highest BCUT2D eigenvalue weighted by molar-refractivity contribution is 5.57. The maximum Gasteiger partial charge on any atom is 0.281 e. The fourth-order valence-electron chi connectivity index (χ4n) is 3.45. The summed E-state index contributed by atoms with van der Waals surface area (Å²) in [6, 6.07) is 9.02. The minimum atomic E-state index is -0.423. The number of hydrogen-bond acceptors (Lipinski definition) is 6. The van der Waals surface area contributed by atoms with E-state index in [0.717, 1.165) is 25.7 Å². The third kappa shape index (κ3) is 3.56. The van der Waals surface area contributed by atoms with Gasteiger partial charge in [-0.15, -0.1) is 10.2 Å². The molecule has 1 aliphatic carbocycles. The standard InChI is InChI=1S/C20H22N4O3/c1-3-27-17-11-7-6-10-16(17)22-23-18-13(2)15(12-21)19(25)24(20(18)26)14-8-4-5-9-14/h6-7,10-11,14,25H,3-5,8-9H2,1-2H3. The van der Waals surface area contributed by atoms with E-state index in [4.69, 9.17) is 4.74 Å². The minimum Gasteiger partial charge on any atom is -0.493 e. The van der Waals surface area contributed by atoms with Crippen LogP contribution in [0.5, 0.6) is 11.6 Å². The lowest BCUT2D eigenvalue weighted by Gasteiger charge is -2.18. The van der Waals surface area contributed by atoms with E-state index < -0.39 is 5.56 Å². The van der Waals surface area contributed by atoms with Crippen LogP contribution in [0.3, 0.4) is 0 Å². The van der Waals surface area contributed by atoms with E-state index >= 15 is 0 Å². The molecule has 0 bridgehead atoms. The first kappa shape index (κ1) is 18.6. The maximum atomic E-state index is 13.0. The van der Waals surface area contributed by atoms with Crippen molar-refractivity contribution in [3.8, 4) is 17.7 Å². The summed E-state index contributed by atoms with van der Waals surface area (Å²) in [5.74, 6) is 0.289. The second kappa shape index (κ2) is 8.04. The molecule has 0 atom stereocenters. The van der Waals surface area contributed by atoms with Crippen LogP contribution in [0.15, 0.2) is 39.3 Å². The van der Waals surface area contributed by atoms with Gasteiger partial charge in [0.05, 0.1) is 6.61 Å². The summed E-state index contributed by atoms with van der Waals surface area (Å²) >= 11 is 0. The van der Waals surface area contributed by atoms with E-state index in [-0.39, 0.29) is 23.2 Å². The SMILES string of the molecule is CCOc1ccccc1N=Nc1c(C)c(C#N)c(O)n(C2CCCC2)c1=O. The summed E-state index contributed by atoms with van der Waals surface area (Å²) in [6.07, 6.45) is 3.58. The van der Waals surface area contributed by atoms with E-state index in [1.54, 1.807) is 25.1 Å². The van der Waals surface area contributed by atoms with Crippen molar-refractivity contribution in [3.63, 3.8) is 0 Å². The summed E-state index contributed by atoms with van der Waals surface area (Å²) in [5, 5.41) is 28.3. The fraction of sp³-hybridized carbons (Fsp3) is 0.400. The van der Waals surface area contributed by atoms with Gasteiger partial charge in [-0.3, -0.25) is 9.36 Å². The van der Waals surface area contributed by atoms with E-state index in [9.17, 15) is 15.2 Å². The predicted molar refractivity (Wildman–Crippen MR) is 101 cm³/mol. The highest BCUT2D eigenvalue weighted by Gasteiger charge is 2.26. The Morgan fingerprint density at radius 1 is 1.30 bits per heavy atom. The molecule has 1 heterocycles. The van der Waals surface area contributed by atoms with Crippen LogP contribution in [-0.4, -0.2) is 16.3 Å². The molecule has 0 amide bonds. The molecule has 1 aromatic carbocycles. The molecule has 0 saturated heterocycles. The van der Waals surface area contributed by atoms with Crippen LogP contribution in [0.4, 0.5) is 11.4 Å². The van der Waals surface area contributed by atoms with Crippen molar-refractivity contribution in [1.29, 1.82) is 5.26 Å². The van der Waals surface area contributed by atoms with Gasteiger partial charge in [-0.25, -0.2) is 0 Å². The van der Waals surface area contributed by atoms with Crippen molar-refractivity contribution in [2.75, 3.05) is 6.61 Å². The molecule has 27 heavy (non-hydrogen) atoms. The van der Waals surface area contributed by atoms with Crippen molar-refractivity contribution in [2.45, 2.75) is 45.6 Å². The van der Waals surface area contributed by atoms with Gasteiger partial charge < -0.3 is 9.84 Å². The van der Waals surface area contributed by atoms with Crippen molar-refractivity contribution in [1.82, 2.24) is 4.57 Å². The van der Waals surface area contributed by atoms with Crippen molar-refractivity contribution in [2.24, 2.45) is 10.2 Å². The zero-order chi connectivity index (χ0) is 19.4. The van der Waals surface area contributed by atoms with Crippen molar-refractivity contribution >= 4 is 11.4 Å². The molecule has 1 aliphatic rings. The second-order valence-corrected chi connectivity index (χ2v) is 6.50. The molecule has 7 nitrogen and oxygen atoms in total. The van der Waals surface area contributed by atoms with Crippen LogP contribution in [-0.2, 0) is 0 Å². The minimum absolute atomic E-state index is 0.0635. The number of nitrogens with zero attached hydrogens (tertiary/aromatic N) is 4. The number of azo groups is 1. The monoisotopic (exact) mass is 366 g/mol. The molecule has 0 unspecified atom stereocenters. The quantitative estimate of drug-likeness (QED) is 0.778. The lowest BCUT2D eigenvalue weighted by molar-refractivity contribution is 0.341. The highest BCUT2D eigenvalue weighted by atomic mass is 16.5. The van der Waals surface area contributed by atoms with Gasteiger partial charge in [0.2, 0.25) is 5.88 Å². The normalized spacial score (nSPS) is 14.6. The van der Waals surface area contributed by atoms with Gasteiger partial charge in [0.1, 0.15) is 23.1 Å². The topological polar surface area (TPSA) is 100.0 Å². The Kier molecular flexibility index (Phi) is 5.55. The summed E-state index contributed by atoms with van der Waals surface area (Å²) in [7, 11) is 0. The number of nitriles is 1. The van der Waals surface area contributed by atoms with Crippen molar-refractivity contribution < 1.29 is 9.84 Å². The van der Waals surface area contributed by atoms with Gasteiger partial charge in [-0.1, -0.05) is 25.0 Å². The van der Waals surface area contributed by atoms with Crippen molar-refractivity contribution in [3.05, 3.63) is 45.7 Å². The first-order chi connectivity index (χ1) is 13.1. The molecule has 0 aliphatic heterocycles. The van der Waals surface area contributed by atoms with Crippen LogP contribution in [0.25, 0.3) is 0 Å². The van der Waals surface area contributed by atoms with Gasteiger partial charge in [0, 0.05) is 11.6 Å². The first-order valence-electron chi connectivity index (χ1n) is 9.10. The van der Waals surface area contributed by atoms with Crippen LogP contribution in [0.2, 0.25) is 0 Å². The fourth-order valence-corrected chi connectivity index (χ4v) is 3.45. The molecule has 2 aromatic rings. The Morgan fingerprint density at radius 2 is 2.00 bits per heavy atom.